The molecule has 0 aromatic carbocycles. The fourth-order valence-corrected chi connectivity index (χ4v) is 5.53. The third-order valence-electron chi connectivity index (χ3n) is 4.54. The Morgan fingerprint density at radius 1 is 1.06 bits per heavy atom. The maximum absolute atomic E-state index is 12.2. The third kappa shape index (κ3) is 3.43. The number of ketones is 1. The Labute approximate surface area is 113 Å². The fourth-order valence-electron chi connectivity index (χ4n) is 3.40. The molecule has 18 heavy (non-hydrogen) atoms. The van der Waals surface area contributed by atoms with E-state index in [1.54, 1.807) is 0 Å². The van der Waals surface area contributed by atoms with Gasteiger partial charge in [0.1, 0.15) is 5.78 Å². The van der Waals surface area contributed by atoms with Crippen molar-refractivity contribution in [3.63, 3.8) is 0 Å². The number of hydrogen-bond donors (Lipinski definition) is 0. The number of rotatable bonds is 7. The van der Waals surface area contributed by atoms with Crippen LogP contribution in [0.2, 0.25) is 0 Å². The van der Waals surface area contributed by atoms with Gasteiger partial charge in [0.2, 0.25) is 0 Å². The second kappa shape index (κ2) is 6.83. The lowest BCUT2D eigenvalue weighted by molar-refractivity contribution is -0.123. The smallest absolute Gasteiger partial charge is 0.136 e. The van der Waals surface area contributed by atoms with Crippen LogP contribution in [0.25, 0.3) is 0 Å². The first-order chi connectivity index (χ1) is 8.72. The van der Waals surface area contributed by atoms with E-state index >= 15 is 0 Å². The lowest BCUT2D eigenvalue weighted by Crippen LogP contribution is -2.32. The number of unbranched alkanes of at least 4 members (excludes halogenated alkanes) is 4. The minimum absolute atomic E-state index is 0.242. The SMILES string of the molecule is CCCCCCCC(=O)C1CC2CCC(C1)S2=O. The van der Waals surface area contributed by atoms with Crippen LogP contribution in [0.1, 0.15) is 71.1 Å². The summed E-state index contributed by atoms with van der Waals surface area (Å²) in [5, 5.41) is 0.690. The fraction of sp³-hybridized carbons (Fsp3) is 0.933. The molecule has 2 atom stereocenters. The van der Waals surface area contributed by atoms with Crippen molar-refractivity contribution in [1.82, 2.24) is 0 Å². The van der Waals surface area contributed by atoms with Crippen LogP contribution in [0.4, 0.5) is 0 Å². The van der Waals surface area contributed by atoms with Crippen molar-refractivity contribution in [3.05, 3.63) is 0 Å². The summed E-state index contributed by atoms with van der Waals surface area (Å²) in [6, 6.07) is 0. The molecule has 2 aliphatic rings. The van der Waals surface area contributed by atoms with E-state index in [9.17, 15) is 9.00 Å². The van der Waals surface area contributed by atoms with Gasteiger partial charge >= 0.3 is 0 Å². The van der Waals surface area contributed by atoms with E-state index in [0.29, 0.717) is 16.3 Å². The van der Waals surface area contributed by atoms with Crippen LogP contribution in [0.15, 0.2) is 0 Å². The summed E-state index contributed by atoms with van der Waals surface area (Å²) >= 11 is 0. The van der Waals surface area contributed by atoms with Crippen LogP contribution in [0.3, 0.4) is 0 Å². The minimum atomic E-state index is -0.618. The van der Waals surface area contributed by atoms with E-state index in [0.717, 1.165) is 38.5 Å². The molecule has 2 unspecified atom stereocenters. The molecule has 2 saturated heterocycles. The summed E-state index contributed by atoms with van der Waals surface area (Å²) in [5.41, 5.74) is 0. The maximum Gasteiger partial charge on any atom is 0.136 e. The predicted octanol–water partition coefficient (Wildman–Crippen LogP) is 3.61. The van der Waals surface area contributed by atoms with E-state index in [1.165, 1.54) is 25.7 Å². The van der Waals surface area contributed by atoms with Gasteiger partial charge in [0.25, 0.3) is 0 Å². The van der Waals surface area contributed by atoms with Gasteiger partial charge < -0.3 is 0 Å². The molecule has 2 heterocycles. The van der Waals surface area contributed by atoms with Gasteiger partial charge in [0.15, 0.2) is 0 Å². The zero-order valence-electron chi connectivity index (χ0n) is 11.5. The average Bonchev–Trinajstić information content (AvgIpc) is 2.61. The Kier molecular flexibility index (Phi) is 5.40. The van der Waals surface area contributed by atoms with Crippen molar-refractivity contribution in [2.75, 3.05) is 0 Å². The Morgan fingerprint density at radius 2 is 1.67 bits per heavy atom. The van der Waals surface area contributed by atoms with Crippen molar-refractivity contribution < 1.29 is 9.00 Å². The topological polar surface area (TPSA) is 34.1 Å². The largest absolute Gasteiger partial charge is 0.299 e. The Hall–Kier alpha value is -0.180. The lowest BCUT2D eigenvalue weighted by atomic mass is 9.91. The van der Waals surface area contributed by atoms with Crippen molar-refractivity contribution in [1.29, 1.82) is 0 Å². The molecule has 0 aliphatic carbocycles. The minimum Gasteiger partial charge on any atom is -0.299 e. The van der Waals surface area contributed by atoms with Gasteiger partial charge in [-0.25, -0.2) is 0 Å². The van der Waals surface area contributed by atoms with Crippen LogP contribution < -0.4 is 0 Å². The molecule has 0 radical (unpaired) electrons. The highest BCUT2D eigenvalue weighted by atomic mass is 32.2. The first-order valence-electron chi connectivity index (χ1n) is 7.64. The van der Waals surface area contributed by atoms with E-state index in [-0.39, 0.29) is 5.92 Å². The summed E-state index contributed by atoms with van der Waals surface area (Å²) in [6.45, 7) is 2.21. The lowest BCUT2D eigenvalue weighted by Gasteiger charge is -2.26. The van der Waals surface area contributed by atoms with Gasteiger partial charge in [-0.2, -0.15) is 0 Å². The molecular formula is C15H26O2S. The molecule has 2 rings (SSSR count). The van der Waals surface area contributed by atoms with Crippen LogP contribution >= 0.6 is 0 Å². The molecule has 0 aromatic heterocycles. The molecule has 2 aliphatic heterocycles. The molecule has 0 amide bonds. The Morgan fingerprint density at radius 3 is 2.28 bits per heavy atom. The van der Waals surface area contributed by atoms with Crippen molar-refractivity contribution in [3.8, 4) is 0 Å². The van der Waals surface area contributed by atoms with E-state index in [1.807, 2.05) is 0 Å². The van der Waals surface area contributed by atoms with Gasteiger partial charge in [-0.15, -0.1) is 0 Å². The zero-order valence-corrected chi connectivity index (χ0v) is 12.3. The van der Waals surface area contributed by atoms with Gasteiger partial charge in [0.05, 0.1) is 0 Å². The zero-order chi connectivity index (χ0) is 13.0. The van der Waals surface area contributed by atoms with Crippen LogP contribution in [-0.4, -0.2) is 20.5 Å². The highest BCUT2D eigenvalue weighted by Gasteiger charge is 2.42. The standard InChI is InChI=1S/C15H26O2S/c1-2-3-4-5-6-7-15(16)12-10-13-8-9-14(11-12)18(13)17/h12-14H,2-11H2,1H3. The van der Waals surface area contributed by atoms with Gasteiger partial charge in [-0.3, -0.25) is 9.00 Å². The summed E-state index contributed by atoms with van der Waals surface area (Å²) in [5.74, 6) is 0.700. The summed E-state index contributed by atoms with van der Waals surface area (Å²) in [7, 11) is -0.618. The normalized spacial score (nSPS) is 34.7. The number of carbonyl (C=O) groups is 1. The Bertz CT molecular complexity index is 298. The van der Waals surface area contributed by atoms with Gasteiger partial charge in [0, 0.05) is 33.6 Å². The second-order valence-corrected chi connectivity index (χ2v) is 7.94. The quantitative estimate of drug-likeness (QED) is 0.662. The van der Waals surface area contributed by atoms with Crippen molar-refractivity contribution in [2.45, 2.75) is 81.6 Å². The first-order valence-corrected chi connectivity index (χ1v) is 8.92. The molecule has 2 fully saturated rings. The second-order valence-electron chi connectivity index (χ2n) is 5.95. The number of hydrogen-bond acceptors (Lipinski definition) is 2. The number of Topliss-reactive ketones (excluding diaryl/α,β-unsaturated/α-hetero) is 1. The molecule has 0 spiro atoms. The van der Waals surface area contributed by atoms with Crippen LogP contribution in [0.5, 0.6) is 0 Å². The summed E-state index contributed by atoms with van der Waals surface area (Å²) < 4.78 is 11.9. The highest BCUT2D eigenvalue weighted by Crippen LogP contribution is 2.39. The molecule has 2 nitrogen and oxygen atoms in total. The molecule has 0 aromatic rings. The Balaban J connectivity index is 1.69. The van der Waals surface area contributed by atoms with Crippen molar-refractivity contribution in [2.24, 2.45) is 5.92 Å². The van der Waals surface area contributed by atoms with Crippen LogP contribution in [-0.2, 0) is 15.6 Å². The predicted molar refractivity (Wildman–Crippen MR) is 76.1 cm³/mol. The molecular weight excluding hydrogens is 244 g/mol. The van der Waals surface area contributed by atoms with Crippen LogP contribution in [0, 0.1) is 5.92 Å². The average molecular weight is 270 g/mol. The number of carbonyl (C=O) groups excluding carboxylic acids is 1. The highest BCUT2D eigenvalue weighted by molar-refractivity contribution is 7.86. The van der Waals surface area contributed by atoms with E-state index in [4.69, 9.17) is 0 Å². The third-order valence-corrected chi connectivity index (χ3v) is 6.72. The van der Waals surface area contributed by atoms with Crippen molar-refractivity contribution >= 4 is 16.6 Å². The molecule has 104 valence electrons. The van der Waals surface area contributed by atoms with Gasteiger partial charge in [-0.05, 0) is 32.1 Å². The molecule has 3 heteroatoms. The monoisotopic (exact) mass is 270 g/mol. The molecule has 0 N–H and O–H groups in total. The summed E-state index contributed by atoms with van der Waals surface area (Å²) in [4.78, 5) is 12.2. The molecule has 2 bridgehead atoms. The number of fused-ring (bicyclic) bond motifs is 2. The first kappa shape index (κ1) is 14.2. The van der Waals surface area contributed by atoms with E-state index < -0.39 is 10.8 Å². The van der Waals surface area contributed by atoms with Gasteiger partial charge in [-0.1, -0.05) is 32.6 Å². The molecule has 0 saturated carbocycles. The maximum atomic E-state index is 12.2. The van der Waals surface area contributed by atoms with E-state index in [2.05, 4.69) is 6.92 Å². The summed E-state index contributed by atoms with van der Waals surface area (Å²) in [6.07, 6.45) is 10.9.